The molecule has 0 spiro atoms. The lowest BCUT2D eigenvalue weighted by atomic mass is 9.91. The SMILES string of the molecule is FC(F)(F)c1ccc(N(CCBr)C2CCC2)nn1. The Labute approximate surface area is 112 Å². The number of nitrogens with zero attached hydrogens (tertiary/aromatic N) is 3. The van der Waals surface area contributed by atoms with Gasteiger partial charge in [0, 0.05) is 17.9 Å². The second kappa shape index (κ2) is 5.42. The molecular weight excluding hydrogens is 311 g/mol. The molecule has 0 N–H and O–H groups in total. The molecule has 0 aliphatic heterocycles. The van der Waals surface area contributed by atoms with E-state index in [1.807, 2.05) is 4.90 Å². The molecule has 1 aromatic heterocycles. The molecule has 3 nitrogen and oxygen atoms in total. The molecular formula is C11H13BrF3N3. The van der Waals surface area contributed by atoms with Crippen molar-refractivity contribution in [2.75, 3.05) is 16.8 Å². The van der Waals surface area contributed by atoms with Crippen LogP contribution in [0.3, 0.4) is 0 Å². The van der Waals surface area contributed by atoms with E-state index in [-0.39, 0.29) is 0 Å². The zero-order valence-corrected chi connectivity index (χ0v) is 11.2. The minimum Gasteiger partial charge on any atom is -0.351 e. The van der Waals surface area contributed by atoms with Gasteiger partial charge in [0.15, 0.2) is 11.5 Å². The molecule has 2 rings (SSSR count). The molecule has 1 aromatic rings. The van der Waals surface area contributed by atoms with Gasteiger partial charge in [0.2, 0.25) is 0 Å². The van der Waals surface area contributed by atoms with Crippen LogP contribution in [-0.4, -0.2) is 28.1 Å². The van der Waals surface area contributed by atoms with E-state index in [0.29, 0.717) is 11.9 Å². The topological polar surface area (TPSA) is 29.0 Å². The van der Waals surface area contributed by atoms with Gasteiger partial charge in [-0.05, 0) is 31.4 Å². The van der Waals surface area contributed by atoms with E-state index >= 15 is 0 Å². The van der Waals surface area contributed by atoms with Crippen LogP contribution in [0.1, 0.15) is 25.0 Å². The molecule has 1 heterocycles. The Kier molecular flexibility index (Phi) is 4.09. The summed E-state index contributed by atoms with van der Waals surface area (Å²) >= 11 is 3.35. The fourth-order valence-corrected chi connectivity index (χ4v) is 2.29. The van der Waals surface area contributed by atoms with E-state index in [1.165, 1.54) is 6.07 Å². The molecule has 0 bridgehead atoms. The largest absolute Gasteiger partial charge is 0.435 e. The van der Waals surface area contributed by atoms with Crippen molar-refractivity contribution in [3.8, 4) is 0 Å². The maximum atomic E-state index is 12.4. The Hall–Kier alpha value is -0.850. The Morgan fingerprint density at radius 1 is 1.28 bits per heavy atom. The van der Waals surface area contributed by atoms with Crippen molar-refractivity contribution in [1.82, 2.24) is 10.2 Å². The van der Waals surface area contributed by atoms with E-state index in [2.05, 4.69) is 26.1 Å². The second-order valence-corrected chi connectivity index (χ2v) is 5.03. The highest BCUT2D eigenvalue weighted by Crippen LogP contribution is 2.30. The van der Waals surface area contributed by atoms with Gasteiger partial charge in [-0.3, -0.25) is 0 Å². The summed E-state index contributed by atoms with van der Waals surface area (Å²) < 4.78 is 37.1. The predicted molar refractivity (Wildman–Crippen MR) is 65.8 cm³/mol. The van der Waals surface area contributed by atoms with Crippen LogP contribution < -0.4 is 4.90 Å². The van der Waals surface area contributed by atoms with Crippen molar-refractivity contribution in [3.05, 3.63) is 17.8 Å². The van der Waals surface area contributed by atoms with E-state index in [4.69, 9.17) is 0 Å². The highest BCUT2D eigenvalue weighted by Gasteiger charge is 2.33. The van der Waals surface area contributed by atoms with E-state index < -0.39 is 11.9 Å². The third kappa shape index (κ3) is 2.93. The molecule has 1 saturated carbocycles. The summed E-state index contributed by atoms with van der Waals surface area (Å²) in [4.78, 5) is 2.02. The lowest BCUT2D eigenvalue weighted by Crippen LogP contribution is -2.42. The van der Waals surface area contributed by atoms with Crippen LogP contribution in [0.15, 0.2) is 12.1 Å². The quantitative estimate of drug-likeness (QED) is 0.796. The molecule has 1 aliphatic carbocycles. The van der Waals surface area contributed by atoms with Gasteiger partial charge >= 0.3 is 6.18 Å². The van der Waals surface area contributed by atoms with Gasteiger partial charge in [-0.15, -0.1) is 10.2 Å². The van der Waals surface area contributed by atoms with Crippen LogP contribution in [0.5, 0.6) is 0 Å². The maximum Gasteiger partial charge on any atom is 0.435 e. The molecule has 0 unspecified atom stereocenters. The molecule has 7 heteroatoms. The Bertz CT molecular complexity index is 390. The van der Waals surface area contributed by atoms with Gasteiger partial charge in [0.1, 0.15) is 0 Å². The normalized spacial score (nSPS) is 16.4. The first-order valence-electron chi connectivity index (χ1n) is 5.76. The summed E-state index contributed by atoms with van der Waals surface area (Å²) in [7, 11) is 0. The summed E-state index contributed by atoms with van der Waals surface area (Å²) in [5, 5.41) is 7.72. The van der Waals surface area contributed by atoms with Crippen molar-refractivity contribution in [3.63, 3.8) is 0 Å². The van der Waals surface area contributed by atoms with Crippen LogP contribution >= 0.6 is 15.9 Å². The number of alkyl halides is 4. The number of halogens is 4. The van der Waals surface area contributed by atoms with Gasteiger partial charge in [-0.2, -0.15) is 13.2 Å². The van der Waals surface area contributed by atoms with Gasteiger partial charge < -0.3 is 4.90 Å². The standard InChI is InChI=1S/C11H13BrF3N3/c12-6-7-18(8-2-1-3-8)10-5-4-9(16-17-10)11(13,14)15/h4-5,8H,1-3,6-7H2. The van der Waals surface area contributed by atoms with Gasteiger partial charge in [0.25, 0.3) is 0 Å². The van der Waals surface area contributed by atoms with E-state index in [1.54, 1.807) is 0 Å². The zero-order valence-electron chi connectivity index (χ0n) is 9.62. The smallest absolute Gasteiger partial charge is 0.351 e. The number of anilines is 1. The van der Waals surface area contributed by atoms with Crippen molar-refractivity contribution in [2.24, 2.45) is 0 Å². The maximum absolute atomic E-state index is 12.4. The molecule has 0 atom stereocenters. The number of hydrogen-bond acceptors (Lipinski definition) is 3. The fourth-order valence-electron chi connectivity index (χ4n) is 1.90. The monoisotopic (exact) mass is 323 g/mol. The van der Waals surface area contributed by atoms with Crippen molar-refractivity contribution < 1.29 is 13.2 Å². The van der Waals surface area contributed by atoms with Crippen molar-refractivity contribution in [1.29, 1.82) is 0 Å². The number of hydrogen-bond donors (Lipinski definition) is 0. The zero-order chi connectivity index (χ0) is 13.2. The van der Waals surface area contributed by atoms with Crippen LogP contribution in [0.4, 0.5) is 19.0 Å². The third-order valence-corrected chi connectivity index (χ3v) is 3.43. The van der Waals surface area contributed by atoms with E-state index in [0.717, 1.165) is 37.2 Å². The minimum absolute atomic E-state index is 0.383. The molecule has 0 aromatic carbocycles. The van der Waals surface area contributed by atoms with Crippen molar-refractivity contribution in [2.45, 2.75) is 31.5 Å². The van der Waals surface area contributed by atoms with Crippen LogP contribution in [0.25, 0.3) is 0 Å². The highest BCUT2D eigenvalue weighted by atomic mass is 79.9. The van der Waals surface area contributed by atoms with Gasteiger partial charge in [0.05, 0.1) is 0 Å². The average molecular weight is 324 g/mol. The Balaban J connectivity index is 2.15. The predicted octanol–water partition coefficient (Wildman–Crippen LogP) is 3.25. The Morgan fingerprint density at radius 2 is 2.00 bits per heavy atom. The van der Waals surface area contributed by atoms with Crippen LogP contribution in [-0.2, 0) is 6.18 Å². The van der Waals surface area contributed by atoms with Gasteiger partial charge in [-0.1, -0.05) is 15.9 Å². The van der Waals surface area contributed by atoms with Gasteiger partial charge in [-0.25, -0.2) is 0 Å². The number of rotatable bonds is 4. The minimum atomic E-state index is -4.43. The summed E-state index contributed by atoms with van der Waals surface area (Å²) in [6.45, 7) is 0.727. The Morgan fingerprint density at radius 3 is 2.39 bits per heavy atom. The first-order chi connectivity index (χ1) is 8.52. The summed E-state index contributed by atoms with van der Waals surface area (Å²) in [6, 6.07) is 2.77. The van der Waals surface area contributed by atoms with Crippen molar-refractivity contribution >= 4 is 21.7 Å². The summed E-state index contributed by atoms with van der Waals surface area (Å²) in [5.74, 6) is 0.521. The fraction of sp³-hybridized carbons (Fsp3) is 0.636. The summed E-state index contributed by atoms with van der Waals surface area (Å²) in [5.41, 5.74) is -0.946. The summed E-state index contributed by atoms with van der Waals surface area (Å²) in [6.07, 6.45) is -1.13. The molecule has 18 heavy (non-hydrogen) atoms. The third-order valence-electron chi connectivity index (χ3n) is 3.08. The van der Waals surface area contributed by atoms with Crippen LogP contribution in [0, 0.1) is 0 Å². The number of aromatic nitrogens is 2. The molecule has 0 saturated heterocycles. The molecule has 1 fully saturated rings. The first-order valence-corrected chi connectivity index (χ1v) is 6.88. The second-order valence-electron chi connectivity index (χ2n) is 4.24. The molecule has 0 radical (unpaired) electrons. The molecule has 0 amide bonds. The van der Waals surface area contributed by atoms with Crippen LogP contribution in [0.2, 0.25) is 0 Å². The lowest BCUT2D eigenvalue weighted by molar-refractivity contribution is -0.141. The highest BCUT2D eigenvalue weighted by molar-refractivity contribution is 9.09. The lowest BCUT2D eigenvalue weighted by Gasteiger charge is -2.37. The average Bonchev–Trinajstić information content (AvgIpc) is 2.25. The first kappa shape index (κ1) is 13.6. The van der Waals surface area contributed by atoms with E-state index in [9.17, 15) is 13.2 Å². The molecule has 1 aliphatic rings. The molecule has 100 valence electrons.